The van der Waals surface area contributed by atoms with Gasteiger partial charge in [0.2, 0.25) is 0 Å². The molecule has 1 aliphatic heterocycles. The summed E-state index contributed by atoms with van der Waals surface area (Å²) in [6.07, 6.45) is 7.03. The normalized spacial score (nSPS) is 17.6. The minimum Gasteiger partial charge on any atom is -0.384 e. The standard InChI is InChI=1S/C20H26N6O2/c1-13-16(5-8-27-2)26-20(23-13)19(25-6-9-28-10-7-25)17(15-11-21-22-12-15)18(24-26)14-3-4-14/h11-12,14H,3-10H2,1-2H3,(H,21,22). The molecule has 0 atom stereocenters. The molecule has 2 aliphatic rings. The van der Waals surface area contributed by atoms with Gasteiger partial charge >= 0.3 is 0 Å². The molecule has 28 heavy (non-hydrogen) atoms. The van der Waals surface area contributed by atoms with Gasteiger partial charge in [0.05, 0.1) is 48.8 Å². The van der Waals surface area contributed by atoms with E-state index < -0.39 is 0 Å². The lowest BCUT2D eigenvalue weighted by molar-refractivity contribution is 0.123. The highest BCUT2D eigenvalue weighted by Crippen LogP contribution is 2.47. The Bertz CT molecular complexity index is 971. The minimum atomic E-state index is 0.507. The van der Waals surface area contributed by atoms with Crippen molar-refractivity contribution in [3.05, 3.63) is 29.5 Å². The van der Waals surface area contributed by atoms with E-state index >= 15 is 0 Å². The highest BCUT2D eigenvalue weighted by Gasteiger charge is 2.34. The molecule has 0 unspecified atom stereocenters. The van der Waals surface area contributed by atoms with Crippen LogP contribution in [0.4, 0.5) is 5.69 Å². The van der Waals surface area contributed by atoms with Gasteiger partial charge in [0.25, 0.3) is 0 Å². The van der Waals surface area contributed by atoms with Gasteiger partial charge in [-0.2, -0.15) is 10.2 Å². The van der Waals surface area contributed by atoms with E-state index in [1.165, 1.54) is 18.4 Å². The van der Waals surface area contributed by atoms with Crippen LogP contribution in [0.25, 0.3) is 16.8 Å². The van der Waals surface area contributed by atoms with Crippen LogP contribution in [0.15, 0.2) is 12.4 Å². The first-order valence-electron chi connectivity index (χ1n) is 10.0. The van der Waals surface area contributed by atoms with Gasteiger partial charge in [-0.15, -0.1) is 0 Å². The molecule has 0 spiro atoms. The predicted molar refractivity (Wildman–Crippen MR) is 106 cm³/mol. The number of aromatic amines is 1. The second-order valence-corrected chi connectivity index (χ2v) is 7.59. The van der Waals surface area contributed by atoms with Crippen molar-refractivity contribution in [3.8, 4) is 11.1 Å². The van der Waals surface area contributed by atoms with E-state index in [4.69, 9.17) is 19.6 Å². The summed E-state index contributed by atoms with van der Waals surface area (Å²) >= 11 is 0. The van der Waals surface area contributed by atoms with Crippen molar-refractivity contribution in [2.45, 2.75) is 32.1 Å². The van der Waals surface area contributed by atoms with Crippen LogP contribution in [0, 0.1) is 6.92 Å². The van der Waals surface area contributed by atoms with Crippen LogP contribution in [0.3, 0.4) is 0 Å². The lowest BCUT2D eigenvalue weighted by atomic mass is 10.0. The molecule has 1 aliphatic carbocycles. The number of fused-ring (bicyclic) bond motifs is 1. The first kappa shape index (κ1) is 17.6. The molecule has 8 nitrogen and oxygen atoms in total. The van der Waals surface area contributed by atoms with Crippen molar-refractivity contribution in [2.24, 2.45) is 0 Å². The number of morpholine rings is 1. The number of hydrogen-bond donors (Lipinski definition) is 1. The number of nitrogens with one attached hydrogen (secondary N) is 1. The zero-order valence-corrected chi connectivity index (χ0v) is 16.4. The van der Waals surface area contributed by atoms with Crippen LogP contribution in [0.5, 0.6) is 0 Å². The SMILES string of the molecule is COCCc1c(C)nc2c(N3CCOCC3)c(-c3cn[nH]c3)c(C3CC3)nn12. The maximum atomic E-state index is 5.62. The summed E-state index contributed by atoms with van der Waals surface area (Å²) in [6.45, 7) is 5.90. The average molecular weight is 382 g/mol. The molecule has 1 saturated heterocycles. The summed E-state index contributed by atoms with van der Waals surface area (Å²) < 4.78 is 13.0. The lowest BCUT2D eigenvalue weighted by Gasteiger charge is -2.31. The van der Waals surface area contributed by atoms with Crippen LogP contribution in [-0.4, -0.2) is 64.8 Å². The van der Waals surface area contributed by atoms with E-state index in [1.807, 2.05) is 12.4 Å². The van der Waals surface area contributed by atoms with Gasteiger partial charge in [-0.1, -0.05) is 0 Å². The molecular formula is C20H26N6O2. The first-order valence-corrected chi connectivity index (χ1v) is 10.0. The quantitative estimate of drug-likeness (QED) is 0.705. The zero-order valence-electron chi connectivity index (χ0n) is 16.4. The summed E-state index contributed by atoms with van der Waals surface area (Å²) in [4.78, 5) is 7.37. The van der Waals surface area contributed by atoms with Crippen molar-refractivity contribution >= 4 is 11.3 Å². The molecule has 5 rings (SSSR count). The molecule has 0 bridgehead atoms. The highest BCUT2D eigenvalue weighted by molar-refractivity contribution is 5.89. The number of rotatable bonds is 6. The number of hydrogen-bond acceptors (Lipinski definition) is 6. The van der Waals surface area contributed by atoms with Crippen LogP contribution < -0.4 is 4.90 Å². The molecule has 3 aromatic rings. The lowest BCUT2D eigenvalue weighted by Crippen LogP contribution is -2.37. The third-order valence-corrected chi connectivity index (χ3v) is 5.68. The molecule has 3 aromatic heterocycles. The number of methoxy groups -OCH3 is 1. The number of aryl methyl sites for hydroxylation is 1. The Labute approximate surface area is 163 Å². The predicted octanol–water partition coefficient (Wildman–Crippen LogP) is 2.33. The maximum Gasteiger partial charge on any atom is 0.178 e. The molecule has 4 heterocycles. The summed E-state index contributed by atoms with van der Waals surface area (Å²) in [7, 11) is 1.73. The number of H-pyrrole nitrogens is 1. The van der Waals surface area contributed by atoms with Crippen LogP contribution in [-0.2, 0) is 15.9 Å². The summed E-state index contributed by atoms with van der Waals surface area (Å²) in [5.74, 6) is 0.507. The average Bonchev–Trinajstić information content (AvgIpc) is 3.33. The third kappa shape index (κ3) is 2.97. The van der Waals surface area contributed by atoms with E-state index in [1.54, 1.807) is 7.11 Å². The molecular weight excluding hydrogens is 356 g/mol. The first-order chi connectivity index (χ1) is 13.8. The zero-order chi connectivity index (χ0) is 19.1. The van der Waals surface area contributed by atoms with Crippen molar-refractivity contribution in [1.82, 2.24) is 24.8 Å². The minimum absolute atomic E-state index is 0.507. The Hall–Kier alpha value is -2.45. The van der Waals surface area contributed by atoms with Crippen LogP contribution in [0.2, 0.25) is 0 Å². The number of anilines is 1. The monoisotopic (exact) mass is 382 g/mol. The van der Waals surface area contributed by atoms with Gasteiger partial charge in [-0.25, -0.2) is 9.50 Å². The number of aromatic nitrogens is 5. The van der Waals surface area contributed by atoms with Crippen LogP contribution in [0.1, 0.15) is 35.8 Å². The van der Waals surface area contributed by atoms with E-state index in [-0.39, 0.29) is 0 Å². The van der Waals surface area contributed by atoms with Crippen molar-refractivity contribution in [2.75, 3.05) is 44.9 Å². The fraction of sp³-hybridized carbons (Fsp3) is 0.550. The smallest absolute Gasteiger partial charge is 0.178 e. The molecule has 0 radical (unpaired) electrons. The number of imidazole rings is 1. The van der Waals surface area contributed by atoms with E-state index in [0.29, 0.717) is 12.5 Å². The molecule has 0 amide bonds. The van der Waals surface area contributed by atoms with E-state index in [2.05, 4.69) is 26.5 Å². The topological polar surface area (TPSA) is 80.6 Å². The Kier molecular flexibility index (Phi) is 4.52. The maximum absolute atomic E-state index is 5.62. The fourth-order valence-electron chi connectivity index (χ4n) is 4.09. The van der Waals surface area contributed by atoms with Gasteiger partial charge in [-0.3, -0.25) is 5.10 Å². The van der Waals surface area contributed by atoms with Crippen LogP contribution >= 0.6 is 0 Å². The highest BCUT2D eigenvalue weighted by atomic mass is 16.5. The second-order valence-electron chi connectivity index (χ2n) is 7.59. The summed E-state index contributed by atoms with van der Waals surface area (Å²) in [5.41, 5.74) is 7.65. The van der Waals surface area contributed by atoms with Crippen molar-refractivity contribution in [1.29, 1.82) is 0 Å². The Morgan fingerprint density at radius 3 is 2.79 bits per heavy atom. The van der Waals surface area contributed by atoms with Gasteiger partial charge in [-0.05, 0) is 19.8 Å². The number of ether oxygens (including phenoxy) is 2. The fourth-order valence-corrected chi connectivity index (χ4v) is 4.09. The van der Waals surface area contributed by atoms with Crippen molar-refractivity contribution in [3.63, 3.8) is 0 Å². The van der Waals surface area contributed by atoms with E-state index in [9.17, 15) is 0 Å². The van der Waals surface area contributed by atoms with Gasteiger partial charge in [0.1, 0.15) is 0 Å². The number of nitrogens with zero attached hydrogens (tertiary/aromatic N) is 5. The molecule has 1 saturated carbocycles. The van der Waals surface area contributed by atoms with E-state index in [0.717, 1.165) is 66.7 Å². The molecule has 148 valence electrons. The molecule has 2 fully saturated rings. The Morgan fingerprint density at radius 1 is 1.29 bits per heavy atom. The summed E-state index contributed by atoms with van der Waals surface area (Å²) in [6, 6.07) is 0. The van der Waals surface area contributed by atoms with Gasteiger partial charge in [0.15, 0.2) is 5.65 Å². The summed E-state index contributed by atoms with van der Waals surface area (Å²) in [5, 5.41) is 12.3. The Balaban J connectivity index is 1.79. The second kappa shape index (κ2) is 7.18. The molecule has 0 aromatic carbocycles. The third-order valence-electron chi connectivity index (χ3n) is 5.68. The Morgan fingerprint density at radius 2 is 2.11 bits per heavy atom. The molecule has 8 heteroatoms. The largest absolute Gasteiger partial charge is 0.384 e. The van der Waals surface area contributed by atoms with Gasteiger partial charge < -0.3 is 14.4 Å². The molecule has 1 N–H and O–H groups in total. The van der Waals surface area contributed by atoms with Crippen molar-refractivity contribution < 1.29 is 9.47 Å². The van der Waals surface area contributed by atoms with Gasteiger partial charge in [0, 0.05) is 49.9 Å².